The van der Waals surface area contributed by atoms with Crippen LogP contribution in [-0.4, -0.2) is 38.6 Å². The fourth-order valence-corrected chi connectivity index (χ4v) is 2.65. The minimum Gasteiger partial charge on any atom is -0.344 e. The van der Waals surface area contributed by atoms with Gasteiger partial charge in [-0.05, 0) is 18.9 Å². The third kappa shape index (κ3) is 3.43. The Morgan fingerprint density at radius 3 is 2.76 bits per heavy atom. The SMILES string of the molecule is CCC(C)C1NC(=O)CC(C)N(Cc2ccn(C)n2)C1=O. The summed E-state index contributed by atoms with van der Waals surface area (Å²) in [4.78, 5) is 26.5. The molecule has 1 saturated heterocycles. The first-order chi connectivity index (χ1) is 9.92. The Morgan fingerprint density at radius 2 is 2.19 bits per heavy atom. The van der Waals surface area contributed by atoms with Gasteiger partial charge < -0.3 is 10.2 Å². The highest BCUT2D eigenvalue weighted by atomic mass is 16.2. The quantitative estimate of drug-likeness (QED) is 0.902. The second-order valence-corrected chi connectivity index (χ2v) is 5.93. The number of carbonyl (C=O) groups is 2. The molecule has 1 fully saturated rings. The molecule has 116 valence electrons. The molecule has 2 heterocycles. The number of amides is 2. The van der Waals surface area contributed by atoms with Crippen LogP contribution in [0.15, 0.2) is 12.3 Å². The summed E-state index contributed by atoms with van der Waals surface area (Å²) in [5, 5.41) is 7.21. The van der Waals surface area contributed by atoms with Crippen LogP contribution in [0.2, 0.25) is 0 Å². The number of aromatic nitrogens is 2. The van der Waals surface area contributed by atoms with Gasteiger partial charge in [-0.25, -0.2) is 0 Å². The Kier molecular flexibility index (Phi) is 4.65. The highest BCUT2D eigenvalue weighted by molar-refractivity contribution is 5.90. The molecular formula is C15H24N4O2. The summed E-state index contributed by atoms with van der Waals surface area (Å²) >= 11 is 0. The normalized spacial score (nSPS) is 24.7. The van der Waals surface area contributed by atoms with Crippen LogP contribution >= 0.6 is 0 Å². The van der Waals surface area contributed by atoms with Crippen LogP contribution in [0.4, 0.5) is 0 Å². The van der Waals surface area contributed by atoms with Gasteiger partial charge in [0.1, 0.15) is 6.04 Å². The molecule has 1 N–H and O–H groups in total. The van der Waals surface area contributed by atoms with E-state index < -0.39 is 6.04 Å². The standard InChI is InChI=1S/C15H24N4O2/c1-5-10(2)14-15(21)19(11(3)8-13(20)16-14)9-12-6-7-18(4)17-12/h6-7,10-11,14H,5,8-9H2,1-4H3,(H,16,20). The van der Waals surface area contributed by atoms with Crippen molar-refractivity contribution in [1.82, 2.24) is 20.0 Å². The second kappa shape index (κ2) is 6.28. The van der Waals surface area contributed by atoms with Crippen LogP contribution in [0.1, 0.15) is 39.3 Å². The number of rotatable bonds is 4. The molecule has 6 heteroatoms. The largest absolute Gasteiger partial charge is 0.344 e. The van der Waals surface area contributed by atoms with E-state index in [1.54, 1.807) is 9.58 Å². The van der Waals surface area contributed by atoms with Gasteiger partial charge in [0.2, 0.25) is 11.8 Å². The zero-order chi connectivity index (χ0) is 15.6. The molecule has 2 rings (SSSR count). The fraction of sp³-hybridized carbons (Fsp3) is 0.667. The lowest BCUT2D eigenvalue weighted by molar-refractivity contribution is -0.136. The van der Waals surface area contributed by atoms with Crippen LogP contribution in [0.3, 0.4) is 0 Å². The Hall–Kier alpha value is -1.85. The number of nitrogens with one attached hydrogen (secondary N) is 1. The zero-order valence-corrected chi connectivity index (χ0v) is 13.2. The average molecular weight is 292 g/mol. The van der Waals surface area contributed by atoms with Crippen molar-refractivity contribution < 1.29 is 9.59 Å². The molecule has 0 aromatic carbocycles. The number of aryl methyl sites for hydroxylation is 1. The predicted octanol–water partition coefficient (Wildman–Crippen LogP) is 1.07. The van der Waals surface area contributed by atoms with Crippen molar-refractivity contribution >= 4 is 11.8 Å². The lowest BCUT2D eigenvalue weighted by Gasteiger charge is -2.30. The average Bonchev–Trinajstić information content (AvgIpc) is 2.81. The first-order valence-corrected chi connectivity index (χ1v) is 7.50. The van der Waals surface area contributed by atoms with Crippen LogP contribution in [-0.2, 0) is 23.2 Å². The molecule has 0 aliphatic carbocycles. The summed E-state index contributed by atoms with van der Waals surface area (Å²) in [5.41, 5.74) is 0.843. The van der Waals surface area contributed by atoms with Crippen molar-refractivity contribution in [1.29, 1.82) is 0 Å². The number of carbonyl (C=O) groups excluding carboxylic acids is 2. The summed E-state index contributed by atoms with van der Waals surface area (Å²) in [6, 6.07) is 1.35. The van der Waals surface area contributed by atoms with E-state index in [0.29, 0.717) is 13.0 Å². The van der Waals surface area contributed by atoms with Crippen molar-refractivity contribution in [3.63, 3.8) is 0 Å². The lowest BCUT2D eigenvalue weighted by Crippen LogP contribution is -2.49. The van der Waals surface area contributed by atoms with Gasteiger partial charge in [-0.15, -0.1) is 0 Å². The molecule has 1 aromatic rings. The maximum absolute atomic E-state index is 12.8. The molecule has 0 spiro atoms. The molecule has 1 aliphatic heterocycles. The summed E-state index contributed by atoms with van der Waals surface area (Å²) in [5.74, 6) is 0.0657. The van der Waals surface area contributed by atoms with Gasteiger partial charge in [0.25, 0.3) is 0 Å². The van der Waals surface area contributed by atoms with E-state index in [2.05, 4.69) is 10.4 Å². The van der Waals surface area contributed by atoms with Gasteiger partial charge >= 0.3 is 0 Å². The summed E-state index contributed by atoms with van der Waals surface area (Å²) in [6.45, 7) is 6.39. The molecule has 0 bridgehead atoms. The topological polar surface area (TPSA) is 67.2 Å². The van der Waals surface area contributed by atoms with Gasteiger partial charge in [-0.2, -0.15) is 5.10 Å². The molecule has 1 aromatic heterocycles. The molecule has 3 atom stereocenters. The summed E-state index contributed by atoms with van der Waals surface area (Å²) in [6.07, 6.45) is 3.05. The van der Waals surface area contributed by atoms with Gasteiger partial charge in [-0.1, -0.05) is 20.3 Å². The Balaban J connectivity index is 2.23. The van der Waals surface area contributed by atoms with Crippen LogP contribution in [0, 0.1) is 5.92 Å². The molecule has 2 amide bonds. The zero-order valence-electron chi connectivity index (χ0n) is 13.2. The number of hydrogen-bond donors (Lipinski definition) is 1. The molecule has 0 radical (unpaired) electrons. The Morgan fingerprint density at radius 1 is 1.48 bits per heavy atom. The fourth-order valence-electron chi connectivity index (χ4n) is 2.65. The molecule has 6 nitrogen and oxygen atoms in total. The minimum absolute atomic E-state index is 0.00615. The van der Waals surface area contributed by atoms with Crippen LogP contribution in [0.5, 0.6) is 0 Å². The molecule has 3 unspecified atom stereocenters. The van der Waals surface area contributed by atoms with E-state index in [1.165, 1.54) is 0 Å². The smallest absolute Gasteiger partial charge is 0.246 e. The molecule has 0 saturated carbocycles. The Bertz CT molecular complexity index is 525. The van der Waals surface area contributed by atoms with E-state index >= 15 is 0 Å². The van der Waals surface area contributed by atoms with Crippen molar-refractivity contribution in [3.8, 4) is 0 Å². The van der Waals surface area contributed by atoms with E-state index in [1.807, 2.05) is 40.1 Å². The monoisotopic (exact) mass is 292 g/mol. The van der Waals surface area contributed by atoms with Crippen molar-refractivity contribution in [2.45, 2.75) is 52.2 Å². The molecular weight excluding hydrogens is 268 g/mol. The van der Waals surface area contributed by atoms with Gasteiger partial charge in [-0.3, -0.25) is 14.3 Å². The van der Waals surface area contributed by atoms with Crippen molar-refractivity contribution in [3.05, 3.63) is 18.0 Å². The summed E-state index contributed by atoms with van der Waals surface area (Å²) in [7, 11) is 1.85. The first-order valence-electron chi connectivity index (χ1n) is 7.50. The van der Waals surface area contributed by atoms with Gasteiger partial charge in [0.05, 0.1) is 12.2 Å². The predicted molar refractivity (Wildman–Crippen MR) is 79.2 cm³/mol. The number of hydrogen-bond acceptors (Lipinski definition) is 3. The van der Waals surface area contributed by atoms with Gasteiger partial charge in [0, 0.05) is 25.7 Å². The van der Waals surface area contributed by atoms with Crippen LogP contribution in [0.25, 0.3) is 0 Å². The van der Waals surface area contributed by atoms with Gasteiger partial charge in [0.15, 0.2) is 0 Å². The third-order valence-electron chi connectivity index (χ3n) is 4.19. The van der Waals surface area contributed by atoms with Crippen molar-refractivity contribution in [2.75, 3.05) is 0 Å². The first kappa shape index (κ1) is 15.5. The second-order valence-electron chi connectivity index (χ2n) is 5.93. The maximum Gasteiger partial charge on any atom is 0.246 e. The van der Waals surface area contributed by atoms with E-state index in [0.717, 1.165) is 12.1 Å². The van der Waals surface area contributed by atoms with E-state index in [4.69, 9.17) is 0 Å². The lowest BCUT2D eigenvalue weighted by atomic mass is 9.98. The highest BCUT2D eigenvalue weighted by Gasteiger charge is 2.36. The summed E-state index contributed by atoms with van der Waals surface area (Å²) < 4.78 is 1.72. The van der Waals surface area contributed by atoms with Crippen molar-refractivity contribution in [2.24, 2.45) is 13.0 Å². The molecule has 21 heavy (non-hydrogen) atoms. The maximum atomic E-state index is 12.8. The highest BCUT2D eigenvalue weighted by Crippen LogP contribution is 2.19. The Labute approximate surface area is 125 Å². The molecule has 1 aliphatic rings. The minimum atomic E-state index is -0.434. The van der Waals surface area contributed by atoms with E-state index in [9.17, 15) is 9.59 Å². The third-order valence-corrected chi connectivity index (χ3v) is 4.19. The number of nitrogens with zero attached hydrogens (tertiary/aromatic N) is 3. The van der Waals surface area contributed by atoms with E-state index in [-0.39, 0.29) is 23.8 Å². The van der Waals surface area contributed by atoms with Crippen LogP contribution < -0.4 is 5.32 Å².